The highest BCUT2D eigenvalue weighted by Crippen LogP contribution is 2.21. The van der Waals surface area contributed by atoms with Crippen LogP contribution in [0.15, 0.2) is 54.6 Å². The summed E-state index contributed by atoms with van der Waals surface area (Å²) in [6, 6.07) is 16.4. The minimum Gasteiger partial charge on any atom is -0.382 e. The van der Waals surface area contributed by atoms with E-state index in [1.54, 1.807) is 0 Å². The number of nitrogens with one attached hydrogen (secondary N) is 2. The number of carbonyl (C=O) groups excluding carboxylic acids is 1. The molecule has 146 valence electrons. The van der Waals surface area contributed by atoms with Crippen molar-refractivity contribution in [2.75, 3.05) is 6.54 Å². The molecule has 0 saturated heterocycles. The second-order valence-corrected chi connectivity index (χ2v) is 6.56. The summed E-state index contributed by atoms with van der Waals surface area (Å²) in [4.78, 5) is 11.6. The highest BCUT2D eigenvalue weighted by atomic mass is 19.3. The molecule has 2 aromatic carbocycles. The van der Waals surface area contributed by atoms with E-state index < -0.39 is 24.0 Å². The van der Waals surface area contributed by atoms with Gasteiger partial charge in [-0.3, -0.25) is 10.0 Å². The molecule has 27 heavy (non-hydrogen) atoms. The van der Waals surface area contributed by atoms with Gasteiger partial charge in [0, 0.05) is 0 Å². The highest BCUT2D eigenvalue weighted by molar-refractivity contribution is 5.82. The Morgan fingerprint density at radius 1 is 1.07 bits per heavy atom. The molecule has 4 N–H and O–H groups in total. The van der Waals surface area contributed by atoms with Crippen molar-refractivity contribution in [3.8, 4) is 11.1 Å². The first-order chi connectivity index (χ1) is 12.9. The minimum atomic E-state index is -3.14. The van der Waals surface area contributed by atoms with Gasteiger partial charge in [0.1, 0.15) is 11.6 Å². The number of hydrogen-bond acceptors (Lipinski definition) is 4. The summed E-state index contributed by atoms with van der Waals surface area (Å²) in [6.45, 7) is 1.08. The largest absolute Gasteiger partial charge is 0.382 e. The van der Waals surface area contributed by atoms with E-state index in [9.17, 15) is 18.7 Å². The molecule has 0 heterocycles. The Hall–Kier alpha value is -2.35. The van der Waals surface area contributed by atoms with Gasteiger partial charge in [-0.15, -0.1) is 0 Å². The molecule has 0 fully saturated rings. The van der Waals surface area contributed by atoms with E-state index in [1.807, 2.05) is 54.6 Å². The molecular formula is C20H24F2N2O3. The lowest BCUT2D eigenvalue weighted by Crippen LogP contribution is -2.60. The summed E-state index contributed by atoms with van der Waals surface area (Å²) < 4.78 is 25.9. The lowest BCUT2D eigenvalue weighted by Gasteiger charge is -2.31. The van der Waals surface area contributed by atoms with E-state index in [-0.39, 0.29) is 6.54 Å². The second-order valence-electron chi connectivity index (χ2n) is 6.56. The molecule has 0 spiro atoms. The third kappa shape index (κ3) is 5.56. The van der Waals surface area contributed by atoms with Crippen LogP contribution in [0.2, 0.25) is 0 Å². The summed E-state index contributed by atoms with van der Waals surface area (Å²) in [5.41, 5.74) is 2.01. The van der Waals surface area contributed by atoms with Gasteiger partial charge in [0.25, 0.3) is 12.3 Å². The van der Waals surface area contributed by atoms with Crippen molar-refractivity contribution in [2.24, 2.45) is 0 Å². The number of aryl methyl sites for hydroxylation is 1. The van der Waals surface area contributed by atoms with Crippen LogP contribution in [0.4, 0.5) is 8.78 Å². The third-order valence-corrected chi connectivity index (χ3v) is 4.45. The first-order valence-corrected chi connectivity index (χ1v) is 8.68. The SMILES string of the molecule is C[C@@](O)(C(F)F)[C@H](NCCCc1ccc(-c2ccccc2)cc1)C(=O)NO. The third-order valence-electron chi connectivity index (χ3n) is 4.45. The topological polar surface area (TPSA) is 81.6 Å². The molecule has 0 radical (unpaired) electrons. The first kappa shape index (κ1) is 21.0. The summed E-state index contributed by atoms with van der Waals surface area (Å²) in [5.74, 6) is -1.10. The number of carbonyl (C=O) groups is 1. The fourth-order valence-electron chi connectivity index (χ4n) is 2.79. The van der Waals surface area contributed by atoms with Crippen LogP contribution in [-0.4, -0.2) is 40.8 Å². The van der Waals surface area contributed by atoms with Crippen LogP contribution in [0, 0.1) is 0 Å². The number of amides is 1. The van der Waals surface area contributed by atoms with Crippen LogP contribution < -0.4 is 10.8 Å². The average molecular weight is 378 g/mol. The van der Waals surface area contributed by atoms with Gasteiger partial charge in [0.2, 0.25) is 0 Å². The number of alkyl halides is 2. The maximum Gasteiger partial charge on any atom is 0.268 e. The number of hydroxylamine groups is 1. The molecule has 0 saturated carbocycles. The first-order valence-electron chi connectivity index (χ1n) is 8.68. The Morgan fingerprint density at radius 2 is 1.67 bits per heavy atom. The Balaban J connectivity index is 1.88. The van der Waals surface area contributed by atoms with Crippen LogP contribution in [0.25, 0.3) is 11.1 Å². The zero-order valence-electron chi connectivity index (χ0n) is 15.0. The van der Waals surface area contributed by atoms with Gasteiger partial charge in [-0.25, -0.2) is 14.3 Å². The molecule has 2 atom stereocenters. The number of aliphatic hydroxyl groups is 1. The molecule has 0 aliphatic rings. The van der Waals surface area contributed by atoms with Crippen molar-refractivity contribution in [3.05, 3.63) is 60.2 Å². The lowest BCUT2D eigenvalue weighted by molar-refractivity contribution is -0.150. The molecule has 1 amide bonds. The van der Waals surface area contributed by atoms with Crippen LogP contribution >= 0.6 is 0 Å². The van der Waals surface area contributed by atoms with Crippen molar-refractivity contribution in [2.45, 2.75) is 37.8 Å². The van der Waals surface area contributed by atoms with Crippen LogP contribution in [0.3, 0.4) is 0 Å². The molecule has 0 aliphatic heterocycles. The highest BCUT2D eigenvalue weighted by Gasteiger charge is 2.44. The fourth-order valence-corrected chi connectivity index (χ4v) is 2.79. The van der Waals surface area contributed by atoms with Gasteiger partial charge in [-0.1, -0.05) is 54.6 Å². The maximum atomic E-state index is 13.0. The van der Waals surface area contributed by atoms with Gasteiger partial charge >= 0.3 is 0 Å². The average Bonchev–Trinajstić information content (AvgIpc) is 2.68. The predicted octanol–water partition coefficient (Wildman–Crippen LogP) is 2.77. The Bertz CT molecular complexity index is 722. The molecule has 5 nitrogen and oxygen atoms in total. The summed E-state index contributed by atoms with van der Waals surface area (Å²) in [6.07, 6.45) is -1.90. The smallest absolute Gasteiger partial charge is 0.268 e. The van der Waals surface area contributed by atoms with E-state index in [1.165, 1.54) is 5.48 Å². The lowest BCUT2D eigenvalue weighted by atomic mass is 9.96. The Morgan fingerprint density at radius 3 is 2.22 bits per heavy atom. The molecule has 0 aromatic heterocycles. The van der Waals surface area contributed by atoms with Crippen molar-refractivity contribution in [1.29, 1.82) is 0 Å². The predicted molar refractivity (Wildman–Crippen MR) is 98.5 cm³/mol. The molecule has 0 bridgehead atoms. The number of hydrogen-bond donors (Lipinski definition) is 4. The van der Waals surface area contributed by atoms with Gasteiger partial charge in [-0.05, 0) is 43.0 Å². The molecule has 7 heteroatoms. The van der Waals surface area contributed by atoms with Gasteiger partial charge in [-0.2, -0.15) is 0 Å². The van der Waals surface area contributed by atoms with Gasteiger partial charge in [0.05, 0.1) is 0 Å². The summed E-state index contributed by atoms with van der Waals surface area (Å²) in [5, 5.41) is 21.1. The van der Waals surface area contributed by atoms with Crippen molar-refractivity contribution >= 4 is 5.91 Å². The Labute approximate surface area is 157 Å². The maximum absolute atomic E-state index is 13.0. The quantitative estimate of drug-likeness (QED) is 0.307. The summed E-state index contributed by atoms with van der Waals surface area (Å²) in [7, 11) is 0. The number of rotatable bonds is 9. The number of halogens is 2. The van der Waals surface area contributed by atoms with E-state index in [2.05, 4.69) is 5.32 Å². The van der Waals surface area contributed by atoms with E-state index in [0.29, 0.717) is 12.8 Å². The van der Waals surface area contributed by atoms with Crippen molar-refractivity contribution in [1.82, 2.24) is 10.8 Å². The van der Waals surface area contributed by atoms with Crippen LogP contribution in [0.5, 0.6) is 0 Å². The van der Waals surface area contributed by atoms with E-state index in [0.717, 1.165) is 23.6 Å². The van der Waals surface area contributed by atoms with E-state index in [4.69, 9.17) is 5.21 Å². The second kappa shape index (κ2) is 9.55. The monoisotopic (exact) mass is 378 g/mol. The molecular weight excluding hydrogens is 354 g/mol. The van der Waals surface area contributed by atoms with Crippen molar-refractivity contribution < 1.29 is 23.9 Å². The minimum absolute atomic E-state index is 0.224. The molecule has 0 aliphatic carbocycles. The Kier molecular flexibility index (Phi) is 7.41. The van der Waals surface area contributed by atoms with Crippen LogP contribution in [-0.2, 0) is 11.2 Å². The number of benzene rings is 2. The molecule has 2 rings (SSSR count). The summed E-state index contributed by atoms with van der Waals surface area (Å²) >= 11 is 0. The van der Waals surface area contributed by atoms with Crippen molar-refractivity contribution in [3.63, 3.8) is 0 Å². The van der Waals surface area contributed by atoms with Crippen LogP contribution in [0.1, 0.15) is 18.9 Å². The zero-order valence-corrected chi connectivity index (χ0v) is 15.0. The fraction of sp³-hybridized carbons (Fsp3) is 0.350. The standard InChI is InChI=1S/C20H24F2N2O3/c1-20(26,19(21)22)17(18(25)24-27)23-13-5-6-14-9-11-16(12-10-14)15-7-3-2-4-8-15/h2-4,7-12,17,19,23,26-27H,5-6,13H2,1H3,(H,24,25)/t17-,20+/m1/s1. The normalized spacial score (nSPS) is 14.6. The van der Waals surface area contributed by atoms with E-state index >= 15 is 0 Å². The van der Waals surface area contributed by atoms with Gasteiger partial charge in [0.15, 0.2) is 0 Å². The zero-order chi connectivity index (χ0) is 19.9. The van der Waals surface area contributed by atoms with Gasteiger partial charge < -0.3 is 10.4 Å². The molecule has 2 aromatic rings. The molecule has 0 unspecified atom stereocenters.